The number of carbonyl (C=O) groups excluding carboxylic acids is 1. The molecule has 1 atom stereocenters. The third-order valence-electron chi connectivity index (χ3n) is 3.40. The van der Waals surface area contributed by atoms with Crippen LogP contribution in [0.3, 0.4) is 0 Å². The van der Waals surface area contributed by atoms with E-state index in [4.69, 9.17) is 9.47 Å². The van der Waals surface area contributed by atoms with E-state index in [2.05, 4.69) is 26.2 Å². The SMILES string of the molecule is O=C(Nc1nc2c(Br)cccc2s1)[C@H]1COc2ccccc2O1. The molecular formula is C16H11BrN2O3S. The highest BCUT2D eigenvalue weighted by Gasteiger charge is 2.28. The molecule has 0 spiro atoms. The number of para-hydroxylation sites is 3. The Morgan fingerprint density at radius 3 is 2.87 bits per heavy atom. The molecule has 0 radical (unpaired) electrons. The van der Waals surface area contributed by atoms with Crippen LogP contribution >= 0.6 is 27.3 Å². The molecule has 1 aromatic heterocycles. The lowest BCUT2D eigenvalue weighted by atomic mass is 10.2. The quantitative estimate of drug-likeness (QED) is 0.721. The van der Waals surface area contributed by atoms with E-state index in [9.17, 15) is 4.79 Å². The molecule has 1 N–H and O–H groups in total. The van der Waals surface area contributed by atoms with Crippen LogP contribution in [0.5, 0.6) is 11.5 Å². The second-order valence-corrected chi connectivity index (χ2v) is 6.84. The number of halogens is 1. The molecule has 23 heavy (non-hydrogen) atoms. The smallest absolute Gasteiger partial charge is 0.270 e. The number of hydrogen-bond acceptors (Lipinski definition) is 5. The Morgan fingerprint density at radius 1 is 1.22 bits per heavy atom. The minimum Gasteiger partial charge on any atom is -0.485 e. The zero-order chi connectivity index (χ0) is 15.8. The van der Waals surface area contributed by atoms with Crippen LogP contribution in [0.15, 0.2) is 46.9 Å². The van der Waals surface area contributed by atoms with Crippen LogP contribution in [0.4, 0.5) is 5.13 Å². The number of aromatic nitrogens is 1. The summed E-state index contributed by atoms with van der Waals surface area (Å²) in [7, 11) is 0. The fourth-order valence-electron chi connectivity index (χ4n) is 2.30. The molecule has 7 heteroatoms. The fraction of sp³-hybridized carbons (Fsp3) is 0.125. The highest BCUT2D eigenvalue weighted by molar-refractivity contribution is 9.10. The molecule has 0 saturated carbocycles. The van der Waals surface area contributed by atoms with Crippen LogP contribution in [0.1, 0.15) is 0 Å². The van der Waals surface area contributed by atoms with Gasteiger partial charge in [0.2, 0.25) is 6.10 Å². The van der Waals surface area contributed by atoms with Gasteiger partial charge in [0.05, 0.1) is 10.2 Å². The van der Waals surface area contributed by atoms with Crippen molar-refractivity contribution in [3.63, 3.8) is 0 Å². The van der Waals surface area contributed by atoms with Crippen LogP contribution in [-0.2, 0) is 4.79 Å². The first-order chi connectivity index (χ1) is 11.2. The number of rotatable bonds is 2. The fourth-order valence-corrected chi connectivity index (χ4v) is 3.78. The van der Waals surface area contributed by atoms with Gasteiger partial charge >= 0.3 is 0 Å². The van der Waals surface area contributed by atoms with Crippen molar-refractivity contribution in [2.45, 2.75) is 6.10 Å². The lowest BCUT2D eigenvalue weighted by Crippen LogP contribution is -2.40. The van der Waals surface area contributed by atoms with Crippen LogP contribution in [0.25, 0.3) is 10.2 Å². The maximum atomic E-state index is 12.4. The lowest BCUT2D eigenvalue weighted by molar-refractivity contribution is -0.125. The van der Waals surface area contributed by atoms with Crippen molar-refractivity contribution >= 4 is 48.5 Å². The summed E-state index contributed by atoms with van der Waals surface area (Å²) in [6.45, 7) is 0.178. The van der Waals surface area contributed by atoms with Gasteiger partial charge in [0.15, 0.2) is 16.6 Å². The van der Waals surface area contributed by atoms with E-state index in [1.807, 2.05) is 36.4 Å². The van der Waals surface area contributed by atoms with Gasteiger partial charge in [0.25, 0.3) is 5.91 Å². The van der Waals surface area contributed by atoms with Gasteiger partial charge in [-0.15, -0.1) is 0 Å². The van der Waals surface area contributed by atoms with Crippen LogP contribution in [-0.4, -0.2) is 23.6 Å². The number of fused-ring (bicyclic) bond motifs is 2. The Labute approximate surface area is 144 Å². The maximum Gasteiger partial charge on any atom is 0.270 e. The van der Waals surface area contributed by atoms with E-state index in [0.29, 0.717) is 16.6 Å². The average molecular weight is 391 g/mol. The van der Waals surface area contributed by atoms with E-state index < -0.39 is 6.10 Å². The summed E-state index contributed by atoms with van der Waals surface area (Å²) >= 11 is 4.88. The molecule has 2 aromatic carbocycles. The first-order valence-electron chi connectivity index (χ1n) is 6.95. The minimum absolute atomic E-state index is 0.178. The van der Waals surface area contributed by atoms with Crippen LogP contribution in [0, 0.1) is 0 Å². The molecule has 1 aliphatic rings. The van der Waals surface area contributed by atoms with Gasteiger partial charge in [-0.05, 0) is 40.2 Å². The van der Waals surface area contributed by atoms with Crippen molar-refractivity contribution in [2.24, 2.45) is 0 Å². The number of amides is 1. The van der Waals surface area contributed by atoms with Crippen molar-refractivity contribution in [2.75, 3.05) is 11.9 Å². The molecule has 1 aliphatic heterocycles. The Bertz CT molecular complexity index is 896. The summed E-state index contributed by atoms with van der Waals surface area (Å²) in [5.74, 6) is 0.959. The maximum absolute atomic E-state index is 12.4. The van der Waals surface area contributed by atoms with Gasteiger partial charge < -0.3 is 9.47 Å². The predicted molar refractivity (Wildman–Crippen MR) is 92.3 cm³/mol. The van der Waals surface area contributed by atoms with Crippen molar-refractivity contribution in [1.29, 1.82) is 0 Å². The molecule has 2 heterocycles. The monoisotopic (exact) mass is 390 g/mol. The second-order valence-electron chi connectivity index (χ2n) is 4.96. The minimum atomic E-state index is -0.694. The summed E-state index contributed by atoms with van der Waals surface area (Å²) in [5, 5.41) is 3.34. The van der Waals surface area contributed by atoms with E-state index >= 15 is 0 Å². The van der Waals surface area contributed by atoms with Crippen LogP contribution < -0.4 is 14.8 Å². The Balaban J connectivity index is 1.52. The molecule has 5 nitrogen and oxygen atoms in total. The number of nitrogens with zero attached hydrogens (tertiary/aromatic N) is 1. The molecular weight excluding hydrogens is 380 g/mol. The number of carbonyl (C=O) groups is 1. The Hall–Kier alpha value is -2.12. The first kappa shape index (κ1) is 14.5. The van der Waals surface area contributed by atoms with E-state index in [1.165, 1.54) is 11.3 Å². The Kier molecular flexibility index (Phi) is 3.66. The lowest BCUT2D eigenvalue weighted by Gasteiger charge is -2.25. The first-order valence-corrected chi connectivity index (χ1v) is 8.56. The largest absolute Gasteiger partial charge is 0.485 e. The van der Waals surface area contributed by atoms with Crippen molar-refractivity contribution < 1.29 is 14.3 Å². The van der Waals surface area contributed by atoms with E-state index in [1.54, 1.807) is 6.07 Å². The van der Waals surface area contributed by atoms with Gasteiger partial charge in [-0.2, -0.15) is 0 Å². The van der Waals surface area contributed by atoms with Crippen LogP contribution in [0.2, 0.25) is 0 Å². The molecule has 1 amide bonds. The number of anilines is 1. The zero-order valence-electron chi connectivity index (χ0n) is 11.8. The van der Waals surface area contributed by atoms with Gasteiger partial charge in [0.1, 0.15) is 6.61 Å². The third kappa shape index (κ3) is 2.77. The van der Waals surface area contributed by atoms with Gasteiger partial charge in [-0.1, -0.05) is 29.5 Å². The summed E-state index contributed by atoms with van der Waals surface area (Å²) in [6.07, 6.45) is -0.694. The van der Waals surface area contributed by atoms with Crippen molar-refractivity contribution in [3.8, 4) is 11.5 Å². The predicted octanol–water partition coefficient (Wildman–Crippen LogP) is 3.84. The van der Waals surface area contributed by atoms with Crippen molar-refractivity contribution in [1.82, 2.24) is 4.98 Å². The van der Waals surface area contributed by atoms with E-state index in [0.717, 1.165) is 14.7 Å². The van der Waals surface area contributed by atoms with Gasteiger partial charge in [-0.25, -0.2) is 4.98 Å². The second kappa shape index (κ2) is 5.82. The van der Waals surface area contributed by atoms with Gasteiger partial charge in [0, 0.05) is 4.47 Å². The number of hydrogen-bond donors (Lipinski definition) is 1. The highest BCUT2D eigenvalue weighted by Crippen LogP contribution is 2.33. The number of ether oxygens (including phenoxy) is 2. The summed E-state index contributed by atoms with van der Waals surface area (Å²) in [5.41, 5.74) is 0.832. The van der Waals surface area contributed by atoms with Crippen molar-refractivity contribution in [3.05, 3.63) is 46.9 Å². The summed E-state index contributed by atoms with van der Waals surface area (Å²) in [4.78, 5) is 16.8. The summed E-state index contributed by atoms with van der Waals surface area (Å²) < 4.78 is 13.2. The molecule has 4 rings (SSSR count). The standard InChI is InChI=1S/C16H11BrN2O3S/c17-9-4-3-7-13-14(9)18-16(23-13)19-15(20)12-8-21-10-5-1-2-6-11(10)22-12/h1-7,12H,8H2,(H,18,19,20)/t12-/m1/s1. The molecule has 0 fully saturated rings. The normalized spacial score (nSPS) is 16.3. The third-order valence-corrected chi connectivity index (χ3v) is 4.98. The molecule has 0 aliphatic carbocycles. The number of thiazole rings is 1. The number of benzene rings is 2. The molecule has 0 bridgehead atoms. The molecule has 116 valence electrons. The molecule has 0 saturated heterocycles. The number of nitrogens with one attached hydrogen (secondary N) is 1. The van der Waals surface area contributed by atoms with Gasteiger partial charge in [-0.3, -0.25) is 10.1 Å². The average Bonchev–Trinajstić information content (AvgIpc) is 2.98. The topological polar surface area (TPSA) is 60.5 Å². The summed E-state index contributed by atoms with van der Waals surface area (Å²) in [6, 6.07) is 13.1. The highest BCUT2D eigenvalue weighted by atomic mass is 79.9. The zero-order valence-corrected chi connectivity index (χ0v) is 14.2. The molecule has 3 aromatic rings. The van der Waals surface area contributed by atoms with E-state index in [-0.39, 0.29) is 12.5 Å². The Morgan fingerprint density at radius 2 is 2.04 bits per heavy atom. The molecule has 0 unspecified atom stereocenters.